The van der Waals surface area contributed by atoms with E-state index in [1.54, 1.807) is 0 Å². The Hall–Kier alpha value is -0.160. The van der Waals surface area contributed by atoms with E-state index in [4.69, 9.17) is 15.2 Å². The summed E-state index contributed by atoms with van der Waals surface area (Å²) in [5, 5.41) is 0. The average molecular weight is 260 g/mol. The zero-order chi connectivity index (χ0) is 13.8. The summed E-state index contributed by atoms with van der Waals surface area (Å²) in [7, 11) is 0. The molecule has 0 spiro atoms. The quantitative estimate of drug-likeness (QED) is 0.543. The number of rotatable bonds is 12. The van der Waals surface area contributed by atoms with Crippen LogP contribution in [0.5, 0.6) is 0 Å². The molecule has 0 heterocycles. The zero-order valence-corrected chi connectivity index (χ0v) is 12.7. The van der Waals surface area contributed by atoms with E-state index < -0.39 is 0 Å². The summed E-state index contributed by atoms with van der Waals surface area (Å²) in [4.78, 5) is 2.38. The molecule has 2 N–H and O–H groups in total. The second-order valence-corrected chi connectivity index (χ2v) is 4.93. The molecule has 0 aliphatic rings. The van der Waals surface area contributed by atoms with Crippen molar-refractivity contribution in [2.24, 2.45) is 11.7 Å². The Kier molecular flexibility index (Phi) is 11.8. The molecule has 0 bridgehead atoms. The number of hydrogen-bond acceptors (Lipinski definition) is 4. The van der Waals surface area contributed by atoms with Gasteiger partial charge in [-0.2, -0.15) is 0 Å². The molecule has 0 radical (unpaired) electrons. The van der Waals surface area contributed by atoms with E-state index in [0.29, 0.717) is 5.92 Å². The van der Waals surface area contributed by atoms with Gasteiger partial charge in [-0.1, -0.05) is 13.8 Å². The third-order valence-electron chi connectivity index (χ3n) is 3.15. The first-order valence-electron chi connectivity index (χ1n) is 7.25. The molecular weight excluding hydrogens is 228 g/mol. The minimum Gasteiger partial charge on any atom is -0.380 e. The number of nitrogens with two attached hydrogens (primary N) is 1. The first-order chi connectivity index (χ1) is 8.61. The first kappa shape index (κ1) is 17.8. The smallest absolute Gasteiger partial charge is 0.0593 e. The van der Waals surface area contributed by atoms with Crippen LogP contribution < -0.4 is 5.73 Å². The normalized spacial score (nSPS) is 13.5. The van der Waals surface area contributed by atoms with Gasteiger partial charge in [-0.3, -0.25) is 4.90 Å². The predicted molar refractivity (Wildman–Crippen MR) is 76.9 cm³/mol. The van der Waals surface area contributed by atoms with E-state index in [1.807, 2.05) is 13.8 Å². The Morgan fingerprint density at radius 3 is 1.83 bits per heavy atom. The Morgan fingerprint density at radius 2 is 1.44 bits per heavy atom. The maximum atomic E-state index is 6.09. The largest absolute Gasteiger partial charge is 0.380 e. The fourth-order valence-corrected chi connectivity index (χ4v) is 1.68. The van der Waals surface area contributed by atoms with E-state index in [9.17, 15) is 0 Å². The highest BCUT2D eigenvalue weighted by molar-refractivity contribution is 4.68. The lowest BCUT2D eigenvalue weighted by atomic mass is 10.0. The number of nitrogens with zero attached hydrogens (tertiary/aromatic N) is 1. The summed E-state index contributed by atoms with van der Waals surface area (Å²) >= 11 is 0. The molecule has 4 nitrogen and oxygen atoms in total. The monoisotopic (exact) mass is 260 g/mol. The molecule has 4 heteroatoms. The van der Waals surface area contributed by atoms with Gasteiger partial charge in [-0.25, -0.2) is 0 Å². The van der Waals surface area contributed by atoms with Crippen LogP contribution in [0, 0.1) is 5.92 Å². The van der Waals surface area contributed by atoms with Crippen molar-refractivity contribution in [2.45, 2.75) is 40.2 Å². The van der Waals surface area contributed by atoms with Crippen LogP contribution in [0.25, 0.3) is 0 Å². The van der Waals surface area contributed by atoms with Gasteiger partial charge >= 0.3 is 0 Å². The van der Waals surface area contributed by atoms with Crippen molar-refractivity contribution in [1.82, 2.24) is 4.90 Å². The summed E-state index contributed by atoms with van der Waals surface area (Å²) in [6.07, 6.45) is 1.04. The molecule has 0 aromatic heterocycles. The highest BCUT2D eigenvalue weighted by atomic mass is 16.5. The van der Waals surface area contributed by atoms with Crippen LogP contribution in [-0.4, -0.2) is 57.0 Å². The second kappa shape index (κ2) is 11.9. The Bertz CT molecular complexity index is 167. The van der Waals surface area contributed by atoms with Gasteiger partial charge < -0.3 is 15.2 Å². The molecule has 110 valence electrons. The maximum absolute atomic E-state index is 6.09. The SMILES string of the molecule is CCOCCN(CCOCC)CCC(N)C(C)C. The van der Waals surface area contributed by atoms with Gasteiger partial charge in [-0.05, 0) is 32.7 Å². The van der Waals surface area contributed by atoms with Crippen LogP contribution in [0.15, 0.2) is 0 Å². The number of ether oxygens (including phenoxy) is 2. The second-order valence-electron chi connectivity index (χ2n) is 4.93. The van der Waals surface area contributed by atoms with Crippen LogP contribution in [0.3, 0.4) is 0 Å². The molecule has 0 aromatic carbocycles. The lowest BCUT2D eigenvalue weighted by Crippen LogP contribution is -2.36. The van der Waals surface area contributed by atoms with E-state index in [1.165, 1.54) is 0 Å². The van der Waals surface area contributed by atoms with Gasteiger partial charge in [0.25, 0.3) is 0 Å². The molecule has 0 aliphatic carbocycles. The van der Waals surface area contributed by atoms with Crippen molar-refractivity contribution in [3.05, 3.63) is 0 Å². The summed E-state index contributed by atoms with van der Waals surface area (Å²) in [5.41, 5.74) is 6.09. The van der Waals surface area contributed by atoms with Gasteiger partial charge in [-0.15, -0.1) is 0 Å². The zero-order valence-electron chi connectivity index (χ0n) is 12.7. The Morgan fingerprint density at radius 1 is 0.944 bits per heavy atom. The van der Waals surface area contributed by atoms with Crippen molar-refractivity contribution in [1.29, 1.82) is 0 Å². The van der Waals surface area contributed by atoms with Crippen LogP contribution >= 0.6 is 0 Å². The first-order valence-corrected chi connectivity index (χ1v) is 7.25. The third-order valence-corrected chi connectivity index (χ3v) is 3.15. The van der Waals surface area contributed by atoms with Crippen molar-refractivity contribution in [2.75, 3.05) is 46.1 Å². The van der Waals surface area contributed by atoms with Crippen LogP contribution in [0.4, 0.5) is 0 Å². The highest BCUT2D eigenvalue weighted by Crippen LogP contribution is 2.04. The molecule has 0 saturated carbocycles. The fourth-order valence-electron chi connectivity index (χ4n) is 1.68. The van der Waals surface area contributed by atoms with E-state index in [-0.39, 0.29) is 6.04 Å². The predicted octanol–water partition coefficient (Wildman–Crippen LogP) is 1.73. The molecule has 0 amide bonds. The van der Waals surface area contributed by atoms with Crippen molar-refractivity contribution >= 4 is 0 Å². The maximum Gasteiger partial charge on any atom is 0.0593 e. The fraction of sp³-hybridized carbons (Fsp3) is 1.00. The molecule has 1 atom stereocenters. The van der Waals surface area contributed by atoms with Gasteiger partial charge in [0.1, 0.15) is 0 Å². The molecule has 0 aliphatic heterocycles. The molecule has 0 fully saturated rings. The highest BCUT2D eigenvalue weighted by Gasteiger charge is 2.11. The molecule has 1 unspecified atom stereocenters. The van der Waals surface area contributed by atoms with Crippen LogP contribution in [0.2, 0.25) is 0 Å². The minimum absolute atomic E-state index is 0.284. The lowest BCUT2D eigenvalue weighted by molar-refractivity contribution is 0.0809. The minimum atomic E-state index is 0.284. The Labute approximate surface area is 113 Å². The standard InChI is InChI=1S/C14H32N2O2/c1-5-17-11-9-16(10-12-18-6-2)8-7-14(15)13(3)4/h13-14H,5-12,15H2,1-4H3. The summed E-state index contributed by atoms with van der Waals surface area (Å²) in [6, 6.07) is 0.284. The van der Waals surface area contributed by atoms with Crippen LogP contribution in [0.1, 0.15) is 34.1 Å². The molecular formula is C14H32N2O2. The summed E-state index contributed by atoms with van der Waals surface area (Å²) in [6.45, 7) is 14.5. The summed E-state index contributed by atoms with van der Waals surface area (Å²) in [5.74, 6) is 0.547. The topological polar surface area (TPSA) is 47.7 Å². The van der Waals surface area contributed by atoms with E-state index in [0.717, 1.165) is 52.5 Å². The van der Waals surface area contributed by atoms with E-state index >= 15 is 0 Å². The average Bonchev–Trinajstić information content (AvgIpc) is 2.35. The lowest BCUT2D eigenvalue weighted by Gasteiger charge is -2.24. The molecule has 0 rings (SSSR count). The van der Waals surface area contributed by atoms with Crippen molar-refractivity contribution < 1.29 is 9.47 Å². The molecule has 18 heavy (non-hydrogen) atoms. The van der Waals surface area contributed by atoms with Gasteiger partial charge in [0, 0.05) is 32.3 Å². The Balaban J connectivity index is 3.87. The van der Waals surface area contributed by atoms with Crippen molar-refractivity contribution in [3.8, 4) is 0 Å². The van der Waals surface area contributed by atoms with E-state index in [2.05, 4.69) is 18.7 Å². The van der Waals surface area contributed by atoms with Crippen molar-refractivity contribution in [3.63, 3.8) is 0 Å². The van der Waals surface area contributed by atoms with Gasteiger partial charge in [0.15, 0.2) is 0 Å². The van der Waals surface area contributed by atoms with Crippen LogP contribution in [-0.2, 0) is 9.47 Å². The molecule has 0 saturated heterocycles. The number of hydrogen-bond donors (Lipinski definition) is 1. The third kappa shape index (κ3) is 9.83. The summed E-state index contributed by atoms with van der Waals surface area (Å²) < 4.78 is 10.8. The van der Waals surface area contributed by atoms with Gasteiger partial charge in [0.2, 0.25) is 0 Å². The van der Waals surface area contributed by atoms with Gasteiger partial charge in [0.05, 0.1) is 13.2 Å². The molecule has 0 aromatic rings.